The van der Waals surface area contributed by atoms with Gasteiger partial charge in [-0.25, -0.2) is 4.90 Å². The maximum absolute atomic E-state index is 12.6. The number of imide groups is 1. The van der Waals surface area contributed by atoms with Crippen LogP contribution in [0.5, 0.6) is 0 Å². The Morgan fingerprint density at radius 1 is 1.00 bits per heavy atom. The molecule has 29 heavy (non-hydrogen) atoms. The molecule has 1 aromatic heterocycles. The lowest BCUT2D eigenvalue weighted by Gasteiger charge is -2.15. The summed E-state index contributed by atoms with van der Waals surface area (Å²) in [6.45, 7) is 2.11. The van der Waals surface area contributed by atoms with E-state index in [0.717, 1.165) is 21.9 Å². The number of benzene rings is 2. The van der Waals surface area contributed by atoms with Crippen LogP contribution < -0.4 is 15.1 Å². The highest BCUT2D eigenvalue weighted by Gasteiger charge is 2.36. The fourth-order valence-corrected chi connectivity index (χ4v) is 4.02. The van der Waals surface area contributed by atoms with Crippen molar-refractivity contribution in [2.24, 2.45) is 0 Å². The topological polar surface area (TPSA) is 88.5 Å². The van der Waals surface area contributed by atoms with Crippen molar-refractivity contribution in [3.63, 3.8) is 0 Å². The van der Waals surface area contributed by atoms with Crippen LogP contribution in [0.15, 0.2) is 58.7 Å². The predicted octanol–water partition coefficient (Wildman–Crippen LogP) is 3.05. The maximum atomic E-state index is 12.6. The number of hydrogen-bond donors (Lipinski definition) is 1. The molecule has 0 atom stereocenters. The molecule has 0 aliphatic carbocycles. The number of anilines is 2. The molecule has 2 heterocycles. The molecule has 0 bridgehead atoms. The van der Waals surface area contributed by atoms with Crippen molar-refractivity contribution in [3.8, 4) is 0 Å². The largest absolute Gasteiger partial charge is 0.326 e. The first-order chi connectivity index (χ1) is 14.0. The smallest absolute Gasteiger partial charge is 0.307 e. The van der Waals surface area contributed by atoms with Crippen LogP contribution >= 0.6 is 11.3 Å². The summed E-state index contributed by atoms with van der Waals surface area (Å²) in [7, 11) is 0. The second kappa shape index (κ2) is 7.48. The van der Waals surface area contributed by atoms with Crippen molar-refractivity contribution in [2.75, 3.05) is 10.2 Å². The molecule has 3 amide bonds. The zero-order valence-corrected chi connectivity index (χ0v) is 16.4. The number of fused-ring (bicyclic) bond motifs is 1. The number of amides is 3. The first kappa shape index (κ1) is 18.8. The minimum atomic E-state index is -0.388. The van der Waals surface area contributed by atoms with Gasteiger partial charge in [-0.3, -0.25) is 19.2 Å². The average molecular weight is 407 g/mol. The van der Waals surface area contributed by atoms with Gasteiger partial charge in [-0.05, 0) is 37.3 Å². The van der Waals surface area contributed by atoms with Crippen molar-refractivity contribution in [2.45, 2.75) is 19.9 Å². The zero-order valence-electron chi connectivity index (χ0n) is 15.5. The average Bonchev–Trinajstić information content (AvgIpc) is 3.17. The number of rotatable bonds is 5. The van der Waals surface area contributed by atoms with Gasteiger partial charge in [0.25, 0.3) is 11.8 Å². The van der Waals surface area contributed by atoms with E-state index in [1.165, 1.54) is 0 Å². The molecule has 1 aliphatic heterocycles. The van der Waals surface area contributed by atoms with E-state index in [9.17, 15) is 19.2 Å². The quantitative estimate of drug-likeness (QED) is 0.659. The van der Waals surface area contributed by atoms with Gasteiger partial charge in [0, 0.05) is 29.7 Å². The van der Waals surface area contributed by atoms with E-state index in [1.807, 2.05) is 6.92 Å². The fraction of sp³-hybridized carbons (Fsp3) is 0.143. The van der Waals surface area contributed by atoms with E-state index in [-0.39, 0.29) is 35.6 Å². The Labute approximate surface area is 170 Å². The summed E-state index contributed by atoms with van der Waals surface area (Å²) in [6, 6.07) is 13.2. The second-order valence-corrected chi connectivity index (χ2v) is 7.46. The minimum absolute atomic E-state index is 0.0945. The molecule has 8 heteroatoms. The second-order valence-electron chi connectivity index (χ2n) is 6.63. The van der Waals surface area contributed by atoms with Crippen LogP contribution in [0, 0.1) is 6.92 Å². The summed E-state index contributed by atoms with van der Waals surface area (Å²) in [4.78, 5) is 50.3. The van der Waals surface area contributed by atoms with Crippen LogP contribution in [-0.4, -0.2) is 22.3 Å². The van der Waals surface area contributed by atoms with E-state index in [0.29, 0.717) is 22.5 Å². The van der Waals surface area contributed by atoms with E-state index in [4.69, 9.17) is 0 Å². The van der Waals surface area contributed by atoms with Crippen molar-refractivity contribution in [1.82, 2.24) is 4.57 Å². The molecule has 146 valence electrons. The monoisotopic (exact) mass is 407 g/mol. The van der Waals surface area contributed by atoms with Crippen LogP contribution in [0.1, 0.15) is 32.8 Å². The standard InChI is InChI=1S/C21H17N3O4S/c1-13-12-29-21(28)23(13)10-9-18(25)22-14-5-4-6-15(11-14)24-19(26)16-7-2-3-8-17(16)20(24)27/h2-8,11-12H,9-10H2,1H3,(H,22,25). The molecule has 4 rings (SSSR count). The van der Waals surface area contributed by atoms with Gasteiger partial charge in [0.2, 0.25) is 5.91 Å². The Morgan fingerprint density at radius 3 is 2.31 bits per heavy atom. The molecule has 1 N–H and O–H groups in total. The van der Waals surface area contributed by atoms with Gasteiger partial charge in [-0.2, -0.15) is 0 Å². The number of aromatic nitrogens is 1. The highest BCUT2D eigenvalue weighted by Crippen LogP contribution is 2.29. The lowest BCUT2D eigenvalue weighted by Crippen LogP contribution is -2.29. The SMILES string of the molecule is Cc1csc(=O)n1CCC(=O)Nc1cccc(N2C(=O)c3ccccc3C2=O)c1. The summed E-state index contributed by atoms with van der Waals surface area (Å²) in [5.41, 5.74) is 2.41. The highest BCUT2D eigenvalue weighted by molar-refractivity contribution is 7.07. The van der Waals surface area contributed by atoms with Crippen molar-refractivity contribution in [1.29, 1.82) is 0 Å². The first-order valence-corrected chi connectivity index (χ1v) is 9.86. The van der Waals surface area contributed by atoms with Crippen molar-refractivity contribution < 1.29 is 14.4 Å². The number of thiazole rings is 1. The van der Waals surface area contributed by atoms with E-state index >= 15 is 0 Å². The van der Waals surface area contributed by atoms with Crippen LogP contribution in [-0.2, 0) is 11.3 Å². The van der Waals surface area contributed by atoms with E-state index in [2.05, 4.69) is 5.32 Å². The van der Waals surface area contributed by atoms with Crippen molar-refractivity contribution >= 4 is 40.4 Å². The number of carbonyl (C=O) groups is 3. The minimum Gasteiger partial charge on any atom is -0.326 e. The zero-order chi connectivity index (χ0) is 20.5. The number of aryl methyl sites for hydroxylation is 1. The number of hydrogen-bond acceptors (Lipinski definition) is 5. The van der Waals surface area contributed by atoms with Gasteiger partial charge in [-0.15, -0.1) is 0 Å². The predicted molar refractivity (Wildman–Crippen MR) is 111 cm³/mol. The van der Waals surface area contributed by atoms with Crippen LogP contribution in [0.3, 0.4) is 0 Å². The molecule has 7 nitrogen and oxygen atoms in total. The third-order valence-electron chi connectivity index (χ3n) is 4.72. The Morgan fingerprint density at radius 2 is 1.69 bits per heavy atom. The van der Waals surface area contributed by atoms with Gasteiger partial charge >= 0.3 is 4.87 Å². The van der Waals surface area contributed by atoms with E-state index in [1.54, 1.807) is 58.5 Å². The van der Waals surface area contributed by atoms with Crippen molar-refractivity contribution in [3.05, 3.63) is 80.4 Å². The molecule has 0 saturated heterocycles. The summed E-state index contributed by atoms with van der Waals surface area (Å²) in [5, 5.41) is 4.51. The third kappa shape index (κ3) is 3.50. The summed E-state index contributed by atoms with van der Waals surface area (Å²) in [6.07, 6.45) is 0.134. The molecule has 3 aromatic rings. The van der Waals surface area contributed by atoms with Crippen LogP contribution in [0.25, 0.3) is 0 Å². The Balaban J connectivity index is 1.48. The molecule has 0 fully saturated rings. The lowest BCUT2D eigenvalue weighted by atomic mass is 10.1. The Kier molecular flexibility index (Phi) is 4.85. The molecule has 0 radical (unpaired) electrons. The Hall–Kier alpha value is -3.52. The maximum Gasteiger partial charge on any atom is 0.307 e. The van der Waals surface area contributed by atoms with Crippen LogP contribution in [0.4, 0.5) is 11.4 Å². The summed E-state index contributed by atoms with van der Waals surface area (Å²) in [5.74, 6) is -1.04. The molecule has 0 saturated carbocycles. The van der Waals surface area contributed by atoms with Crippen LogP contribution in [0.2, 0.25) is 0 Å². The molecule has 1 aliphatic rings. The Bertz CT molecular complexity index is 1160. The van der Waals surface area contributed by atoms with Gasteiger partial charge in [0.1, 0.15) is 0 Å². The van der Waals surface area contributed by atoms with Gasteiger partial charge in [0.15, 0.2) is 0 Å². The summed E-state index contributed by atoms with van der Waals surface area (Å²) >= 11 is 1.10. The third-order valence-corrected chi connectivity index (χ3v) is 5.60. The van der Waals surface area contributed by atoms with Gasteiger partial charge < -0.3 is 9.88 Å². The number of nitrogens with zero attached hydrogens (tertiary/aromatic N) is 2. The van der Waals surface area contributed by atoms with Gasteiger partial charge in [-0.1, -0.05) is 29.5 Å². The molecule has 0 spiro atoms. The number of nitrogens with one attached hydrogen (secondary N) is 1. The number of carbonyl (C=O) groups excluding carboxylic acids is 3. The molecule has 2 aromatic carbocycles. The first-order valence-electron chi connectivity index (χ1n) is 8.98. The lowest BCUT2D eigenvalue weighted by molar-refractivity contribution is -0.116. The molecular formula is C21H17N3O4S. The van der Waals surface area contributed by atoms with Gasteiger partial charge in [0.05, 0.1) is 16.8 Å². The fourth-order valence-electron chi connectivity index (χ4n) is 3.26. The van der Waals surface area contributed by atoms with E-state index < -0.39 is 0 Å². The molecular weight excluding hydrogens is 390 g/mol. The normalized spacial score (nSPS) is 12.9. The highest BCUT2D eigenvalue weighted by atomic mass is 32.1. The molecule has 0 unspecified atom stereocenters. The summed E-state index contributed by atoms with van der Waals surface area (Å²) < 4.78 is 1.56.